The highest BCUT2D eigenvalue weighted by Gasteiger charge is 2.14. The highest BCUT2D eigenvalue weighted by molar-refractivity contribution is 5.92. The van der Waals surface area contributed by atoms with Gasteiger partial charge in [-0.25, -0.2) is 0 Å². The molecular weight excluding hydrogens is 384 g/mol. The van der Waals surface area contributed by atoms with Crippen LogP contribution in [0.15, 0.2) is 71.3 Å². The van der Waals surface area contributed by atoms with E-state index in [0.717, 1.165) is 5.56 Å². The molecule has 0 bridgehead atoms. The van der Waals surface area contributed by atoms with E-state index in [4.69, 9.17) is 9.15 Å². The molecule has 0 aliphatic carbocycles. The second-order valence-electron chi connectivity index (χ2n) is 6.50. The van der Waals surface area contributed by atoms with E-state index in [9.17, 15) is 9.90 Å². The molecule has 8 nitrogen and oxygen atoms in total. The van der Waals surface area contributed by atoms with Crippen LogP contribution < -0.4 is 15.4 Å². The Balaban J connectivity index is 1.53. The van der Waals surface area contributed by atoms with Gasteiger partial charge in [0.15, 0.2) is 5.58 Å². The Labute approximate surface area is 172 Å². The third-order valence-corrected chi connectivity index (χ3v) is 4.47. The normalized spacial score (nSPS) is 11.8. The van der Waals surface area contributed by atoms with Crippen LogP contribution in [0.5, 0.6) is 11.5 Å². The quantitative estimate of drug-likeness (QED) is 0.432. The van der Waals surface area contributed by atoms with Crippen molar-refractivity contribution in [2.75, 3.05) is 19.0 Å². The highest BCUT2D eigenvalue weighted by atomic mass is 16.5. The number of anilines is 1. The molecule has 1 amide bonds. The maximum atomic E-state index is 11.7. The third-order valence-electron chi connectivity index (χ3n) is 4.47. The van der Waals surface area contributed by atoms with E-state index < -0.39 is 0 Å². The molecule has 0 spiro atoms. The molecule has 0 fully saturated rings. The molecule has 3 N–H and O–H groups in total. The second-order valence-corrected chi connectivity index (χ2v) is 6.50. The molecule has 2 aromatic heterocycles. The first-order valence-electron chi connectivity index (χ1n) is 9.35. The molecule has 0 radical (unpaired) electrons. The molecule has 0 unspecified atom stereocenters. The number of aliphatic hydroxyl groups excluding tert-OH is 1. The Morgan fingerprint density at radius 3 is 2.70 bits per heavy atom. The number of benzene rings is 2. The summed E-state index contributed by atoms with van der Waals surface area (Å²) in [5.41, 5.74) is 2.37. The van der Waals surface area contributed by atoms with Crippen LogP contribution in [0.3, 0.4) is 0 Å². The summed E-state index contributed by atoms with van der Waals surface area (Å²) in [5, 5.41) is 15.4. The van der Waals surface area contributed by atoms with Crippen molar-refractivity contribution in [2.45, 2.75) is 6.04 Å². The van der Waals surface area contributed by atoms with Gasteiger partial charge in [-0.1, -0.05) is 30.3 Å². The van der Waals surface area contributed by atoms with E-state index in [-0.39, 0.29) is 24.2 Å². The Morgan fingerprint density at radius 1 is 1.13 bits per heavy atom. The van der Waals surface area contributed by atoms with Crippen LogP contribution in [0, 0.1) is 0 Å². The average molecular weight is 404 g/mol. The lowest BCUT2D eigenvalue weighted by molar-refractivity contribution is 0.0958. The van der Waals surface area contributed by atoms with Gasteiger partial charge in [-0.05, 0) is 23.8 Å². The molecule has 0 aliphatic rings. The van der Waals surface area contributed by atoms with Crippen LogP contribution >= 0.6 is 0 Å². The lowest BCUT2D eigenvalue weighted by Crippen LogP contribution is -2.18. The monoisotopic (exact) mass is 404 g/mol. The maximum Gasteiger partial charge on any atom is 0.296 e. The fraction of sp³-hybridized carbons (Fsp3) is 0.136. The summed E-state index contributed by atoms with van der Waals surface area (Å²) in [6.07, 6.45) is 1.51. The predicted molar refractivity (Wildman–Crippen MR) is 112 cm³/mol. The molecule has 152 valence electrons. The predicted octanol–water partition coefficient (Wildman–Crippen LogP) is 3.52. The lowest BCUT2D eigenvalue weighted by Gasteiger charge is -2.14. The number of nitrogens with zero attached hydrogens (tertiary/aromatic N) is 2. The topological polar surface area (TPSA) is 110 Å². The molecule has 4 aromatic rings. The zero-order chi connectivity index (χ0) is 20.9. The summed E-state index contributed by atoms with van der Waals surface area (Å²) in [7, 11) is 1.54. The molecule has 0 saturated carbocycles. The Kier molecular flexibility index (Phi) is 5.58. The van der Waals surface area contributed by atoms with E-state index in [2.05, 4.69) is 20.6 Å². The van der Waals surface area contributed by atoms with Crippen LogP contribution in [0.25, 0.3) is 11.1 Å². The van der Waals surface area contributed by atoms with Crippen molar-refractivity contribution in [3.05, 3.63) is 78.1 Å². The summed E-state index contributed by atoms with van der Waals surface area (Å²) in [6.45, 7) is -0.104. The van der Waals surface area contributed by atoms with Crippen molar-refractivity contribution in [3.8, 4) is 11.5 Å². The van der Waals surface area contributed by atoms with Gasteiger partial charge in [0, 0.05) is 25.4 Å². The largest absolute Gasteiger partial charge is 0.457 e. The van der Waals surface area contributed by atoms with Crippen molar-refractivity contribution in [2.24, 2.45) is 0 Å². The first-order chi connectivity index (χ1) is 14.7. The number of pyridine rings is 1. The Hall–Kier alpha value is -3.91. The fourth-order valence-corrected chi connectivity index (χ4v) is 2.96. The third kappa shape index (κ3) is 4.23. The van der Waals surface area contributed by atoms with Gasteiger partial charge in [-0.3, -0.25) is 9.78 Å². The average Bonchev–Trinajstić information content (AvgIpc) is 3.19. The van der Waals surface area contributed by atoms with E-state index in [1.54, 1.807) is 37.4 Å². The summed E-state index contributed by atoms with van der Waals surface area (Å²) in [4.78, 5) is 20.2. The van der Waals surface area contributed by atoms with Gasteiger partial charge in [0.05, 0.1) is 12.6 Å². The number of oxazole rings is 1. The number of aliphatic hydroxyl groups is 1. The molecule has 30 heavy (non-hydrogen) atoms. The van der Waals surface area contributed by atoms with Crippen LogP contribution in [0.4, 0.5) is 6.01 Å². The standard InChI is InChI=1S/C22H20N4O4/c1-23-21(28)18-11-16(9-10-24-18)29-15-7-8-17-20(12-15)30-22(25-17)26-19(13-27)14-5-3-2-4-6-14/h2-12,19,27H,13H2,1H3,(H,23,28)(H,25,26)/t19-/m0/s1. The number of carbonyl (C=O) groups is 1. The van der Waals surface area contributed by atoms with Gasteiger partial charge >= 0.3 is 0 Å². The molecule has 1 atom stereocenters. The van der Waals surface area contributed by atoms with E-state index >= 15 is 0 Å². The maximum absolute atomic E-state index is 11.7. The SMILES string of the molecule is CNC(=O)c1cc(Oc2ccc3nc(N[C@@H](CO)c4ccccc4)oc3c2)ccn1. The number of aromatic nitrogens is 2. The number of ether oxygens (including phenoxy) is 1. The summed E-state index contributed by atoms with van der Waals surface area (Å²) in [6, 6.07) is 18.0. The number of hydrogen-bond acceptors (Lipinski definition) is 7. The van der Waals surface area contributed by atoms with E-state index in [0.29, 0.717) is 28.6 Å². The molecule has 2 heterocycles. The first-order valence-corrected chi connectivity index (χ1v) is 9.35. The molecule has 8 heteroatoms. The number of carbonyl (C=O) groups excluding carboxylic acids is 1. The zero-order valence-electron chi connectivity index (χ0n) is 16.2. The number of rotatable bonds is 7. The fourth-order valence-electron chi connectivity index (χ4n) is 2.96. The van der Waals surface area contributed by atoms with E-state index in [1.165, 1.54) is 6.20 Å². The van der Waals surface area contributed by atoms with E-state index in [1.807, 2.05) is 30.3 Å². The van der Waals surface area contributed by atoms with Crippen molar-refractivity contribution in [3.63, 3.8) is 0 Å². The molecule has 4 rings (SSSR count). The molecule has 0 saturated heterocycles. The number of amides is 1. The minimum Gasteiger partial charge on any atom is -0.457 e. The summed E-state index contributed by atoms with van der Waals surface area (Å²) in [5.74, 6) is 0.713. The van der Waals surface area contributed by atoms with Gasteiger partial charge in [0.25, 0.3) is 11.9 Å². The van der Waals surface area contributed by atoms with Crippen LogP contribution in [-0.2, 0) is 0 Å². The first kappa shape index (κ1) is 19.4. The minimum atomic E-state index is -0.338. The Bertz CT molecular complexity index is 1160. The van der Waals surface area contributed by atoms with Crippen molar-refractivity contribution in [1.29, 1.82) is 0 Å². The lowest BCUT2D eigenvalue weighted by atomic mass is 10.1. The minimum absolute atomic E-state index is 0.104. The van der Waals surface area contributed by atoms with Crippen LogP contribution in [-0.4, -0.2) is 34.6 Å². The summed E-state index contributed by atoms with van der Waals surface area (Å²) < 4.78 is 11.6. The van der Waals surface area contributed by atoms with Gasteiger partial charge in [0.1, 0.15) is 22.7 Å². The van der Waals surface area contributed by atoms with Crippen molar-refractivity contribution in [1.82, 2.24) is 15.3 Å². The van der Waals surface area contributed by atoms with Gasteiger partial charge in [0.2, 0.25) is 0 Å². The smallest absolute Gasteiger partial charge is 0.296 e. The van der Waals surface area contributed by atoms with Crippen LogP contribution in [0.1, 0.15) is 22.1 Å². The summed E-state index contributed by atoms with van der Waals surface area (Å²) >= 11 is 0. The van der Waals surface area contributed by atoms with Crippen molar-refractivity contribution < 1.29 is 19.1 Å². The van der Waals surface area contributed by atoms with Gasteiger partial charge in [-0.2, -0.15) is 4.98 Å². The zero-order valence-corrected chi connectivity index (χ0v) is 16.2. The number of hydrogen-bond donors (Lipinski definition) is 3. The molecular formula is C22H20N4O4. The van der Waals surface area contributed by atoms with Crippen LogP contribution in [0.2, 0.25) is 0 Å². The van der Waals surface area contributed by atoms with Gasteiger partial charge < -0.3 is 24.9 Å². The number of fused-ring (bicyclic) bond motifs is 1. The second kappa shape index (κ2) is 8.62. The Morgan fingerprint density at radius 2 is 1.93 bits per heavy atom. The molecule has 0 aliphatic heterocycles. The number of nitrogens with one attached hydrogen (secondary N) is 2. The van der Waals surface area contributed by atoms with Crippen molar-refractivity contribution >= 4 is 23.0 Å². The molecule has 2 aromatic carbocycles. The highest BCUT2D eigenvalue weighted by Crippen LogP contribution is 2.29. The van der Waals surface area contributed by atoms with Gasteiger partial charge in [-0.15, -0.1) is 0 Å².